The van der Waals surface area contributed by atoms with Crippen LogP contribution in [0.25, 0.3) is 0 Å². The molecule has 3 nitrogen and oxygen atoms in total. The van der Waals surface area contributed by atoms with Crippen LogP contribution in [-0.2, 0) is 4.79 Å². The Morgan fingerprint density at radius 3 is 2.71 bits per heavy atom. The fourth-order valence-corrected chi connectivity index (χ4v) is 2.66. The molecule has 1 N–H and O–H groups in total. The molecule has 1 heterocycles. The number of likely N-dealkylation sites (tertiary alicyclic amines) is 1. The molecule has 1 amide bonds. The number of piperidine rings is 1. The van der Waals surface area contributed by atoms with E-state index in [0.29, 0.717) is 17.9 Å². The highest BCUT2D eigenvalue weighted by Gasteiger charge is 2.26. The van der Waals surface area contributed by atoms with Crippen LogP contribution in [-0.4, -0.2) is 37.0 Å². The zero-order valence-electron chi connectivity index (χ0n) is 11.7. The zero-order valence-corrected chi connectivity index (χ0v) is 11.7. The molecule has 0 aromatic heterocycles. The minimum Gasteiger partial charge on any atom is -0.342 e. The minimum atomic E-state index is 0.363. The van der Waals surface area contributed by atoms with Gasteiger partial charge in [-0.25, -0.2) is 0 Å². The number of carbonyl (C=O) groups excluding carboxylic acids is 1. The van der Waals surface area contributed by atoms with E-state index < -0.39 is 0 Å². The predicted octanol–water partition coefficient (Wildman–Crippen LogP) is 2.41. The fourth-order valence-electron chi connectivity index (χ4n) is 2.66. The van der Waals surface area contributed by atoms with Crippen LogP contribution < -0.4 is 5.32 Å². The van der Waals surface area contributed by atoms with Gasteiger partial charge in [-0.05, 0) is 25.8 Å². The van der Waals surface area contributed by atoms with Crippen molar-refractivity contribution in [2.75, 3.05) is 20.1 Å². The first-order valence-corrected chi connectivity index (χ1v) is 7.14. The molecule has 0 bridgehead atoms. The summed E-state index contributed by atoms with van der Waals surface area (Å²) in [6, 6.07) is 0.583. The molecular weight excluding hydrogens is 212 g/mol. The highest BCUT2D eigenvalue weighted by molar-refractivity contribution is 5.76. The predicted molar refractivity (Wildman–Crippen MR) is 72.0 cm³/mol. The molecule has 3 heteroatoms. The second-order valence-electron chi connectivity index (χ2n) is 5.31. The molecular formula is C14H28N2O. The first-order chi connectivity index (χ1) is 8.19. The molecule has 2 unspecified atom stereocenters. The van der Waals surface area contributed by atoms with Crippen molar-refractivity contribution in [1.82, 2.24) is 10.2 Å². The summed E-state index contributed by atoms with van der Waals surface area (Å²) < 4.78 is 0. The molecule has 1 rings (SSSR count). The zero-order chi connectivity index (χ0) is 12.7. The number of carbonyl (C=O) groups is 1. The molecule has 0 saturated carbocycles. The van der Waals surface area contributed by atoms with E-state index in [2.05, 4.69) is 24.1 Å². The van der Waals surface area contributed by atoms with Crippen LogP contribution in [0, 0.1) is 5.92 Å². The second kappa shape index (κ2) is 7.70. The Labute approximate surface area is 106 Å². The lowest BCUT2D eigenvalue weighted by Gasteiger charge is -2.36. The maximum atomic E-state index is 12.0. The number of hydrogen-bond acceptors (Lipinski definition) is 2. The van der Waals surface area contributed by atoms with E-state index in [1.54, 1.807) is 0 Å². The Morgan fingerprint density at radius 1 is 1.35 bits per heavy atom. The molecule has 0 spiro atoms. The van der Waals surface area contributed by atoms with Crippen molar-refractivity contribution < 1.29 is 4.79 Å². The second-order valence-corrected chi connectivity index (χ2v) is 5.31. The molecule has 17 heavy (non-hydrogen) atoms. The average Bonchev–Trinajstić information content (AvgIpc) is 2.34. The quantitative estimate of drug-likeness (QED) is 0.723. The lowest BCUT2D eigenvalue weighted by molar-refractivity contribution is -0.133. The number of amides is 1. The SMILES string of the molecule is CCCCCCC(=O)N1CCC(NC)C(C)C1. The minimum absolute atomic E-state index is 0.363. The molecule has 0 aromatic rings. The van der Waals surface area contributed by atoms with E-state index in [1.807, 2.05) is 7.05 Å². The molecule has 1 fully saturated rings. The van der Waals surface area contributed by atoms with Crippen molar-refractivity contribution in [2.45, 2.75) is 58.4 Å². The summed E-state index contributed by atoms with van der Waals surface area (Å²) >= 11 is 0. The lowest BCUT2D eigenvalue weighted by atomic mass is 9.93. The van der Waals surface area contributed by atoms with Crippen LogP contribution >= 0.6 is 0 Å². The van der Waals surface area contributed by atoms with Gasteiger partial charge in [-0.2, -0.15) is 0 Å². The van der Waals surface area contributed by atoms with Gasteiger partial charge in [-0.15, -0.1) is 0 Å². The summed E-state index contributed by atoms with van der Waals surface area (Å²) in [5.41, 5.74) is 0. The van der Waals surface area contributed by atoms with Crippen LogP contribution in [0.15, 0.2) is 0 Å². The molecule has 0 aromatic carbocycles. The maximum Gasteiger partial charge on any atom is 0.222 e. The number of hydrogen-bond donors (Lipinski definition) is 1. The van der Waals surface area contributed by atoms with E-state index in [1.165, 1.54) is 19.3 Å². The smallest absolute Gasteiger partial charge is 0.222 e. The Balaban J connectivity index is 2.24. The first-order valence-electron chi connectivity index (χ1n) is 7.14. The molecule has 1 aliphatic heterocycles. The van der Waals surface area contributed by atoms with Crippen molar-refractivity contribution in [1.29, 1.82) is 0 Å². The first kappa shape index (κ1) is 14.5. The van der Waals surface area contributed by atoms with E-state index in [4.69, 9.17) is 0 Å². The van der Waals surface area contributed by atoms with Crippen LogP contribution in [0.1, 0.15) is 52.4 Å². The molecule has 1 saturated heterocycles. The number of nitrogens with one attached hydrogen (secondary N) is 1. The molecule has 0 aliphatic carbocycles. The van der Waals surface area contributed by atoms with Gasteiger partial charge in [-0.1, -0.05) is 33.1 Å². The third kappa shape index (κ3) is 4.66. The Hall–Kier alpha value is -0.570. The summed E-state index contributed by atoms with van der Waals surface area (Å²) in [7, 11) is 2.02. The topological polar surface area (TPSA) is 32.3 Å². The molecule has 100 valence electrons. The highest BCUT2D eigenvalue weighted by Crippen LogP contribution is 2.17. The Bertz CT molecular complexity index is 230. The highest BCUT2D eigenvalue weighted by atomic mass is 16.2. The molecule has 0 radical (unpaired) electrons. The number of nitrogens with zero attached hydrogens (tertiary/aromatic N) is 1. The third-order valence-electron chi connectivity index (χ3n) is 3.87. The average molecular weight is 240 g/mol. The van der Waals surface area contributed by atoms with Crippen molar-refractivity contribution in [2.24, 2.45) is 5.92 Å². The maximum absolute atomic E-state index is 12.0. The van der Waals surface area contributed by atoms with E-state index >= 15 is 0 Å². The van der Waals surface area contributed by atoms with E-state index in [0.717, 1.165) is 32.4 Å². The van der Waals surface area contributed by atoms with Gasteiger partial charge in [0, 0.05) is 25.6 Å². The van der Waals surface area contributed by atoms with Crippen molar-refractivity contribution >= 4 is 5.91 Å². The van der Waals surface area contributed by atoms with Crippen molar-refractivity contribution in [3.8, 4) is 0 Å². The summed E-state index contributed by atoms with van der Waals surface area (Å²) in [6.45, 7) is 6.30. The van der Waals surface area contributed by atoms with Gasteiger partial charge in [0.2, 0.25) is 5.91 Å². The Morgan fingerprint density at radius 2 is 2.12 bits per heavy atom. The van der Waals surface area contributed by atoms with Gasteiger partial charge < -0.3 is 10.2 Å². The summed E-state index contributed by atoms with van der Waals surface area (Å²) in [5, 5.41) is 3.34. The van der Waals surface area contributed by atoms with Crippen molar-refractivity contribution in [3.63, 3.8) is 0 Å². The van der Waals surface area contributed by atoms with Gasteiger partial charge in [0.15, 0.2) is 0 Å². The van der Waals surface area contributed by atoms with Crippen molar-refractivity contribution in [3.05, 3.63) is 0 Å². The van der Waals surface area contributed by atoms with E-state index in [-0.39, 0.29) is 0 Å². The van der Waals surface area contributed by atoms with E-state index in [9.17, 15) is 4.79 Å². The van der Waals surface area contributed by atoms with Crippen LogP contribution in [0.5, 0.6) is 0 Å². The van der Waals surface area contributed by atoms with Crippen LogP contribution in [0.3, 0.4) is 0 Å². The standard InChI is InChI=1S/C14H28N2O/c1-4-5-6-7-8-14(17)16-10-9-13(15-3)12(2)11-16/h12-13,15H,4-11H2,1-3H3. The monoisotopic (exact) mass is 240 g/mol. The van der Waals surface area contributed by atoms with Crippen LogP contribution in [0.4, 0.5) is 0 Å². The Kier molecular flexibility index (Phi) is 6.56. The summed E-state index contributed by atoms with van der Waals surface area (Å²) in [5.74, 6) is 0.941. The van der Waals surface area contributed by atoms with Gasteiger partial charge in [0.25, 0.3) is 0 Å². The summed E-state index contributed by atoms with van der Waals surface area (Å²) in [6.07, 6.45) is 6.59. The summed E-state index contributed by atoms with van der Waals surface area (Å²) in [4.78, 5) is 14.1. The van der Waals surface area contributed by atoms with Gasteiger partial charge in [0.05, 0.1) is 0 Å². The third-order valence-corrected chi connectivity index (χ3v) is 3.87. The lowest BCUT2D eigenvalue weighted by Crippen LogP contribution is -2.49. The largest absolute Gasteiger partial charge is 0.342 e. The van der Waals surface area contributed by atoms with Gasteiger partial charge in [0.1, 0.15) is 0 Å². The molecule has 2 atom stereocenters. The van der Waals surface area contributed by atoms with Crippen LogP contribution in [0.2, 0.25) is 0 Å². The normalized spacial score (nSPS) is 25.0. The van der Waals surface area contributed by atoms with Gasteiger partial charge >= 0.3 is 0 Å². The molecule has 1 aliphatic rings. The fraction of sp³-hybridized carbons (Fsp3) is 0.929. The van der Waals surface area contributed by atoms with Gasteiger partial charge in [-0.3, -0.25) is 4.79 Å². The number of unbranched alkanes of at least 4 members (excludes halogenated alkanes) is 3. The number of rotatable bonds is 6.